The van der Waals surface area contributed by atoms with Gasteiger partial charge in [0.15, 0.2) is 0 Å². The Kier molecular flexibility index (Phi) is 7.68. The van der Waals surface area contributed by atoms with Crippen molar-refractivity contribution in [2.24, 2.45) is 0 Å². The summed E-state index contributed by atoms with van der Waals surface area (Å²) in [6.07, 6.45) is 6.44. The summed E-state index contributed by atoms with van der Waals surface area (Å²) >= 11 is 0. The molecule has 182 valence electrons. The van der Waals surface area contributed by atoms with E-state index in [1.54, 1.807) is 19.1 Å². The van der Waals surface area contributed by atoms with Crippen molar-refractivity contribution in [1.82, 2.24) is 9.62 Å². The van der Waals surface area contributed by atoms with Gasteiger partial charge in [-0.1, -0.05) is 50.5 Å². The number of fused-ring (bicyclic) bond motifs is 1. The van der Waals surface area contributed by atoms with Gasteiger partial charge in [-0.25, -0.2) is 8.42 Å². The standard InChI is InChI=1S/C26H33N3O4S/c1-2-25(30)27-21-12-14-22(15-13-21)34(32,33)29-17-16-19-8-6-7-11-23(19)24(29)18-26(31)28-20-9-4-3-5-10-20/h6-8,11-15,20,24H,2-5,9-10,16-18H2,1H3,(H,27,30)(H,28,31). The van der Waals surface area contributed by atoms with Crippen molar-refractivity contribution in [3.63, 3.8) is 0 Å². The lowest BCUT2D eigenvalue weighted by Gasteiger charge is -2.36. The first-order valence-electron chi connectivity index (χ1n) is 12.2. The SMILES string of the molecule is CCC(=O)Nc1ccc(S(=O)(=O)N2CCc3ccccc3C2CC(=O)NC2CCCCC2)cc1. The number of carbonyl (C=O) groups is 2. The lowest BCUT2D eigenvalue weighted by molar-refractivity contribution is -0.123. The second kappa shape index (κ2) is 10.7. The van der Waals surface area contributed by atoms with E-state index in [2.05, 4.69) is 10.6 Å². The zero-order valence-corrected chi connectivity index (χ0v) is 20.4. The number of anilines is 1. The number of amides is 2. The second-order valence-corrected chi connectivity index (χ2v) is 11.0. The van der Waals surface area contributed by atoms with Crippen LogP contribution in [-0.2, 0) is 26.0 Å². The molecule has 4 rings (SSSR count). The van der Waals surface area contributed by atoms with E-state index in [1.165, 1.54) is 22.9 Å². The summed E-state index contributed by atoms with van der Waals surface area (Å²) < 4.78 is 28.8. The van der Waals surface area contributed by atoms with Gasteiger partial charge in [0.05, 0.1) is 10.9 Å². The average molecular weight is 484 g/mol. The van der Waals surface area contributed by atoms with E-state index in [9.17, 15) is 18.0 Å². The molecule has 0 saturated heterocycles. The zero-order chi connectivity index (χ0) is 24.1. The molecule has 34 heavy (non-hydrogen) atoms. The highest BCUT2D eigenvalue weighted by molar-refractivity contribution is 7.89. The molecule has 8 heteroatoms. The monoisotopic (exact) mass is 483 g/mol. The summed E-state index contributed by atoms with van der Waals surface area (Å²) in [7, 11) is -3.84. The lowest BCUT2D eigenvalue weighted by atomic mass is 9.91. The maximum atomic E-state index is 13.7. The number of sulfonamides is 1. The van der Waals surface area contributed by atoms with E-state index < -0.39 is 16.1 Å². The first-order chi connectivity index (χ1) is 16.4. The van der Waals surface area contributed by atoms with Crippen LogP contribution in [0.25, 0.3) is 0 Å². The number of hydrogen-bond acceptors (Lipinski definition) is 4. The van der Waals surface area contributed by atoms with Gasteiger partial charge in [-0.3, -0.25) is 9.59 Å². The summed E-state index contributed by atoms with van der Waals surface area (Å²) in [6.45, 7) is 2.07. The van der Waals surface area contributed by atoms with Crippen LogP contribution >= 0.6 is 0 Å². The minimum atomic E-state index is -3.84. The van der Waals surface area contributed by atoms with Gasteiger partial charge in [0, 0.05) is 31.1 Å². The van der Waals surface area contributed by atoms with Crippen LogP contribution in [0.4, 0.5) is 5.69 Å². The molecule has 1 aliphatic heterocycles. The Morgan fingerprint density at radius 2 is 1.68 bits per heavy atom. The van der Waals surface area contributed by atoms with Crippen LogP contribution in [-0.4, -0.2) is 37.1 Å². The quantitative estimate of drug-likeness (QED) is 0.618. The van der Waals surface area contributed by atoms with Crippen LogP contribution in [0.2, 0.25) is 0 Å². The Balaban J connectivity index is 1.58. The number of hydrogen-bond donors (Lipinski definition) is 2. The van der Waals surface area contributed by atoms with Crippen LogP contribution in [0.5, 0.6) is 0 Å². The molecule has 1 unspecified atom stereocenters. The number of nitrogens with zero attached hydrogens (tertiary/aromatic N) is 1. The largest absolute Gasteiger partial charge is 0.353 e. The first kappa shape index (κ1) is 24.4. The Hall–Kier alpha value is -2.71. The summed E-state index contributed by atoms with van der Waals surface area (Å²) in [4.78, 5) is 24.8. The molecule has 0 bridgehead atoms. The van der Waals surface area contributed by atoms with Crippen molar-refractivity contribution in [2.75, 3.05) is 11.9 Å². The van der Waals surface area contributed by atoms with Crippen LogP contribution in [0.1, 0.15) is 69.0 Å². The van der Waals surface area contributed by atoms with Crippen molar-refractivity contribution in [1.29, 1.82) is 0 Å². The summed E-state index contributed by atoms with van der Waals surface area (Å²) in [5, 5.41) is 5.88. The third-order valence-corrected chi connectivity index (χ3v) is 8.70. The molecular formula is C26H33N3O4S. The normalized spacial score (nSPS) is 19.3. The van der Waals surface area contributed by atoms with Crippen LogP contribution in [0.15, 0.2) is 53.4 Å². The summed E-state index contributed by atoms with van der Waals surface area (Å²) in [6, 6.07) is 13.6. The van der Waals surface area contributed by atoms with Crippen LogP contribution in [0, 0.1) is 0 Å². The van der Waals surface area contributed by atoms with Crippen LogP contribution in [0.3, 0.4) is 0 Å². The van der Waals surface area contributed by atoms with Crippen molar-refractivity contribution in [3.05, 3.63) is 59.7 Å². The third-order valence-electron chi connectivity index (χ3n) is 6.78. The van der Waals surface area contributed by atoms with Gasteiger partial charge in [-0.05, 0) is 54.7 Å². The molecule has 0 radical (unpaired) electrons. The molecule has 2 aromatic carbocycles. The maximum Gasteiger partial charge on any atom is 0.243 e. The topological polar surface area (TPSA) is 95.6 Å². The molecule has 0 spiro atoms. The molecule has 1 atom stereocenters. The fourth-order valence-electron chi connectivity index (χ4n) is 4.93. The fourth-order valence-corrected chi connectivity index (χ4v) is 6.54. The number of nitrogens with one attached hydrogen (secondary N) is 2. The highest BCUT2D eigenvalue weighted by Crippen LogP contribution is 2.36. The van der Waals surface area contributed by atoms with E-state index in [-0.39, 0.29) is 29.2 Å². The van der Waals surface area contributed by atoms with Gasteiger partial charge in [0.25, 0.3) is 0 Å². The molecule has 0 aromatic heterocycles. The van der Waals surface area contributed by atoms with E-state index in [1.807, 2.05) is 24.3 Å². The van der Waals surface area contributed by atoms with Crippen LogP contribution < -0.4 is 10.6 Å². The lowest BCUT2D eigenvalue weighted by Crippen LogP contribution is -2.43. The van der Waals surface area contributed by atoms with Gasteiger partial charge >= 0.3 is 0 Å². The van der Waals surface area contributed by atoms with Crippen molar-refractivity contribution in [2.45, 2.75) is 75.3 Å². The molecule has 1 aliphatic carbocycles. The van der Waals surface area contributed by atoms with Crippen molar-refractivity contribution in [3.8, 4) is 0 Å². The fraction of sp³-hybridized carbons (Fsp3) is 0.462. The number of rotatable bonds is 7. The second-order valence-electron chi connectivity index (χ2n) is 9.11. The van der Waals surface area contributed by atoms with Gasteiger partial charge in [0.2, 0.25) is 21.8 Å². The Labute approximate surface area is 202 Å². The molecule has 7 nitrogen and oxygen atoms in total. The molecule has 1 saturated carbocycles. The van der Waals surface area contributed by atoms with E-state index in [0.717, 1.165) is 36.8 Å². The molecule has 2 aliphatic rings. The number of benzene rings is 2. The number of carbonyl (C=O) groups excluding carboxylic acids is 2. The molecule has 2 N–H and O–H groups in total. The summed E-state index contributed by atoms with van der Waals surface area (Å²) in [5.41, 5.74) is 2.53. The van der Waals surface area contributed by atoms with Gasteiger partial charge in [0.1, 0.15) is 0 Å². The molecule has 2 aromatic rings. The molecule has 1 heterocycles. The Bertz CT molecular complexity index is 1120. The minimum Gasteiger partial charge on any atom is -0.353 e. The van der Waals surface area contributed by atoms with Crippen molar-refractivity contribution >= 4 is 27.5 Å². The molecule has 1 fully saturated rings. The predicted molar refractivity (Wildman–Crippen MR) is 132 cm³/mol. The van der Waals surface area contributed by atoms with Gasteiger partial charge in [-0.15, -0.1) is 0 Å². The van der Waals surface area contributed by atoms with Crippen molar-refractivity contribution < 1.29 is 18.0 Å². The Morgan fingerprint density at radius 1 is 0.971 bits per heavy atom. The third kappa shape index (κ3) is 5.50. The summed E-state index contributed by atoms with van der Waals surface area (Å²) in [5.74, 6) is -0.237. The van der Waals surface area contributed by atoms with E-state index in [4.69, 9.17) is 0 Å². The predicted octanol–water partition coefficient (Wildman–Crippen LogP) is 4.16. The van der Waals surface area contributed by atoms with E-state index in [0.29, 0.717) is 25.1 Å². The molecular weight excluding hydrogens is 450 g/mol. The highest BCUT2D eigenvalue weighted by atomic mass is 32.2. The average Bonchev–Trinajstić information content (AvgIpc) is 2.85. The highest BCUT2D eigenvalue weighted by Gasteiger charge is 2.37. The Morgan fingerprint density at radius 3 is 2.38 bits per heavy atom. The molecule has 2 amide bonds. The van der Waals surface area contributed by atoms with Gasteiger partial charge < -0.3 is 10.6 Å². The minimum absolute atomic E-state index is 0.0946. The smallest absolute Gasteiger partial charge is 0.243 e. The van der Waals surface area contributed by atoms with Gasteiger partial charge in [-0.2, -0.15) is 4.31 Å². The maximum absolute atomic E-state index is 13.7. The first-order valence-corrected chi connectivity index (χ1v) is 13.6. The van der Waals surface area contributed by atoms with E-state index >= 15 is 0 Å². The zero-order valence-electron chi connectivity index (χ0n) is 19.6.